The number of hydrogen-bond donors (Lipinski definition) is 1. The van der Waals surface area contributed by atoms with Crippen LogP contribution in [0.15, 0.2) is 24.3 Å². The zero-order chi connectivity index (χ0) is 12.2. The van der Waals surface area contributed by atoms with Crippen LogP contribution >= 0.6 is 57.4 Å². The summed E-state index contributed by atoms with van der Waals surface area (Å²) in [6.45, 7) is -0.298. The predicted molar refractivity (Wildman–Crippen MR) is 74.4 cm³/mol. The molecule has 1 aromatic carbocycles. The van der Waals surface area contributed by atoms with Gasteiger partial charge in [-0.05, 0) is 40.8 Å². The van der Waals surface area contributed by atoms with Gasteiger partial charge >= 0.3 is 6.09 Å². The van der Waals surface area contributed by atoms with Gasteiger partial charge in [-0.1, -0.05) is 40.9 Å². The Balaban J connectivity index is 2.46. The first-order valence-corrected chi connectivity index (χ1v) is 6.34. The van der Waals surface area contributed by atoms with Crippen molar-refractivity contribution in [3.8, 4) is 0 Å². The number of anilines is 1. The van der Waals surface area contributed by atoms with Crippen molar-refractivity contribution in [2.24, 2.45) is 0 Å². The SMILES string of the molecule is O=C(Nc1cccc(I)c1)OCC(Cl)(Cl)Cl. The van der Waals surface area contributed by atoms with Crippen LogP contribution in [0.1, 0.15) is 0 Å². The van der Waals surface area contributed by atoms with Crippen LogP contribution in [-0.2, 0) is 4.74 Å². The van der Waals surface area contributed by atoms with Crippen LogP contribution in [0.3, 0.4) is 0 Å². The van der Waals surface area contributed by atoms with Crippen molar-refractivity contribution in [2.75, 3.05) is 11.9 Å². The van der Waals surface area contributed by atoms with E-state index in [0.717, 1.165) is 3.57 Å². The Morgan fingerprint density at radius 1 is 1.44 bits per heavy atom. The third kappa shape index (κ3) is 5.98. The summed E-state index contributed by atoms with van der Waals surface area (Å²) in [5, 5.41) is 2.51. The number of alkyl halides is 3. The Kier molecular flexibility index (Phi) is 5.43. The second-order valence-electron chi connectivity index (χ2n) is 2.83. The van der Waals surface area contributed by atoms with Crippen LogP contribution in [-0.4, -0.2) is 16.5 Å². The van der Waals surface area contributed by atoms with Crippen molar-refractivity contribution >= 4 is 69.2 Å². The molecule has 1 amide bonds. The molecule has 0 radical (unpaired) electrons. The molecule has 0 atom stereocenters. The van der Waals surface area contributed by atoms with Crippen molar-refractivity contribution in [3.63, 3.8) is 0 Å². The molecule has 0 spiro atoms. The maximum Gasteiger partial charge on any atom is 0.411 e. The van der Waals surface area contributed by atoms with E-state index in [0.29, 0.717) is 5.69 Å². The molecule has 0 unspecified atom stereocenters. The summed E-state index contributed by atoms with van der Waals surface area (Å²) in [5.41, 5.74) is 0.626. The minimum absolute atomic E-state index is 0.298. The largest absolute Gasteiger partial charge is 0.445 e. The average molecular weight is 394 g/mol. The van der Waals surface area contributed by atoms with E-state index in [2.05, 4.69) is 27.9 Å². The highest BCUT2D eigenvalue weighted by molar-refractivity contribution is 14.1. The first-order valence-electron chi connectivity index (χ1n) is 4.13. The minimum atomic E-state index is -1.59. The van der Waals surface area contributed by atoms with Crippen LogP contribution in [0.25, 0.3) is 0 Å². The number of carbonyl (C=O) groups excluding carboxylic acids is 1. The summed E-state index contributed by atoms with van der Waals surface area (Å²) in [4.78, 5) is 11.3. The maximum atomic E-state index is 11.3. The van der Waals surface area contributed by atoms with E-state index in [1.165, 1.54) is 0 Å². The summed E-state index contributed by atoms with van der Waals surface area (Å²) < 4.78 is 4.10. The van der Waals surface area contributed by atoms with Gasteiger partial charge in [0.15, 0.2) is 0 Å². The lowest BCUT2D eigenvalue weighted by Crippen LogP contribution is -2.21. The number of nitrogens with one attached hydrogen (secondary N) is 1. The van der Waals surface area contributed by atoms with Crippen molar-refractivity contribution in [1.29, 1.82) is 0 Å². The highest BCUT2D eigenvalue weighted by atomic mass is 127. The summed E-state index contributed by atoms with van der Waals surface area (Å²) >= 11 is 18.4. The molecule has 0 saturated carbocycles. The van der Waals surface area contributed by atoms with Crippen LogP contribution in [0.5, 0.6) is 0 Å². The molecule has 0 aromatic heterocycles. The van der Waals surface area contributed by atoms with Crippen LogP contribution in [0.4, 0.5) is 10.5 Å². The first kappa shape index (κ1) is 14.2. The van der Waals surface area contributed by atoms with Crippen molar-refractivity contribution < 1.29 is 9.53 Å². The van der Waals surface area contributed by atoms with Crippen LogP contribution < -0.4 is 5.32 Å². The van der Waals surface area contributed by atoms with Crippen molar-refractivity contribution in [3.05, 3.63) is 27.8 Å². The van der Waals surface area contributed by atoms with Gasteiger partial charge in [-0.3, -0.25) is 5.32 Å². The fourth-order valence-corrected chi connectivity index (χ4v) is 1.57. The summed E-state index contributed by atoms with van der Waals surface area (Å²) in [7, 11) is 0. The van der Waals surface area contributed by atoms with E-state index in [1.807, 2.05) is 12.1 Å². The van der Waals surface area contributed by atoms with Crippen molar-refractivity contribution in [1.82, 2.24) is 0 Å². The number of ether oxygens (including phenoxy) is 1. The minimum Gasteiger partial charge on any atom is -0.445 e. The number of benzene rings is 1. The van der Waals surface area contributed by atoms with Gasteiger partial charge in [-0.2, -0.15) is 0 Å². The lowest BCUT2D eigenvalue weighted by molar-refractivity contribution is 0.164. The Hall–Kier alpha value is 0.0900. The fraction of sp³-hybridized carbons (Fsp3) is 0.222. The number of rotatable bonds is 2. The molecular formula is C9H7Cl3INO2. The molecule has 1 N–H and O–H groups in total. The van der Waals surface area contributed by atoms with Gasteiger partial charge in [0.05, 0.1) is 0 Å². The standard InChI is InChI=1S/C9H7Cl3INO2/c10-9(11,12)5-16-8(15)14-7-3-1-2-6(13)4-7/h1-4H,5H2,(H,14,15). The van der Waals surface area contributed by atoms with Gasteiger partial charge < -0.3 is 4.74 Å². The third-order valence-electron chi connectivity index (χ3n) is 1.44. The molecule has 1 aromatic rings. The fourth-order valence-electron chi connectivity index (χ4n) is 0.868. The monoisotopic (exact) mass is 393 g/mol. The van der Waals surface area contributed by atoms with E-state index < -0.39 is 9.89 Å². The van der Waals surface area contributed by atoms with Gasteiger partial charge in [0.2, 0.25) is 3.79 Å². The Morgan fingerprint density at radius 2 is 2.12 bits per heavy atom. The van der Waals surface area contributed by atoms with E-state index in [4.69, 9.17) is 39.5 Å². The number of amides is 1. The van der Waals surface area contributed by atoms with Gasteiger partial charge in [0.25, 0.3) is 0 Å². The molecule has 0 saturated heterocycles. The Labute approximate surface area is 122 Å². The number of carbonyl (C=O) groups is 1. The second-order valence-corrected chi connectivity index (χ2v) is 6.59. The van der Waals surface area contributed by atoms with Crippen molar-refractivity contribution in [2.45, 2.75) is 3.79 Å². The van der Waals surface area contributed by atoms with Gasteiger partial charge in [-0.15, -0.1) is 0 Å². The zero-order valence-electron chi connectivity index (χ0n) is 7.84. The Morgan fingerprint density at radius 3 is 2.69 bits per heavy atom. The zero-order valence-corrected chi connectivity index (χ0v) is 12.3. The molecular weight excluding hydrogens is 387 g/mol. The lowest BCUT2D eigenvalue weighted by Gasteiger charge is -2.12. The van der Waals surface area contributed by atoms with E-state index >= 15 is 0 Å². The second kappa shape index (κ2) is 6.14. The molecule has 0 heterocycles. The normalized spacial score (nSPS) is 11.0. The highest BCUT2D eigenvalue weighted by Crippen LogP contribution is 2.26. The molecule has 7 heteroatoms. The van der Waals surface area contributed by atoms with Crippen LogP contribution in [0.2, 0.25) is 0 Å². The molecule has 1 rings (SSSR count). The molecule has 0 aliphatic heterocycles. The molecule has 16 heavy (non-hydrogen) atoms. The molecule has 0 bridgehead atoms. The smallest absolute Gasteiger partial charge is 0.411 e. The predicted octanol–water partition coefficient (Wildman–Crippen LogP) is 4.21. The quantitative estimate of drug-likeness (QED) is 0.603. The van der Waals surface area contributed by atoms with Gasteiger partial charge in [0, 0.05) is 9.26 Å². The van der Waals surface area contributed by atoms with E-state index in [-0.39, 0.29) is 6.61 Å². The van der Waals surface area contributed by atoms with E-state index in [1.54, 1.807) is 12.1 Å². The maximum absolute atomic E-state index is 11.3. The van der Waals surface area contributed by atoms with Gasteiger partial charge in [0.1, 0.15) is 6.61 Å². The third-order valence-corrected chi connectivity index (χ3v) is 2.44. The van der Waals surface area contributed by atoms with Gasteiger partial charge in [-0.25, -0.2) is 4.79 Å². The summed E-state index contributed by atoms with van der Waals surface area (Å²) in [6.07, 6.45) is -0.659. The molecule has 0 aliphatic rings. The van der Waals surface area contributed by atoms with E-state index in [9.17, 15) is 4.79 Å². The molecule has 0 aliphatic carbocycles. The molecule has 0 fully saturated rings. The average Bonchev–Trinajstić information content (AvgIpc) is 2.14. The lowest BCUT2D eigenvalue weighted by atomic mass is 10.3. The topological polar surface area (TPSA) is 38.3 Å². The number of halogens is 4. The Bertz CT molecular complexity index is 381. The number of hydrogen-bond acceptors (Lipinski definition) is 2. The molecule has 88 valence electrons. The first-order chi connectivity index (χ1) is 7.37. The summed E-state index contributed by atoms with van der Waals surface area (Å²) in [5.74, 6) is 0. The highest BCUT2D eigenvalue weighted by Gasteiger charge is 2.22. The summed E-state index contributed by atoms with van der Waals surface area (Å²) in [6, 6.07) is 7.24. The molecule has 3 nitrogen and oxygen atoms in total. The van der Waals surface area contributed by atoms with Crippen LogP contribution in [0, 0.1) is 3.57 Å².